The van der Waals surface area contributed by atoms with Crippen LogP contribution in [0.2, 0.25) is 0 Å². The van der Waals surface area contributed by atoms with E-state index in [0.29, 0.717) is 44.9 Å². The van der Waals surface area contributed by atoms with Crippen molar-refractivity contribution in [1.82, 2.24) is 36.1 Å². The Hall–Kier alpha value is -5.76. The number of ether oxygens (including phenoxy) is 5. The van der Waals surface area contributed by atoms with Crippen LogP contribution in [0.1, 0.15) is 205 Å². The zero-order valence-electron chi connectivity index (χ0n) is 48.6. The van der Waals surface area contributed by atoms with Crippen LogP contribution in [0.5, 0.6) is 0 Å². The van der Waals surface area contributed by atoms with Crippen molar-refractivity contribution >= 4 is 53.7 Å². The summed E-state index contributed by atoms with van der Waals surface area (Å²) in [6.45, 7) is 25.1. The molecule has 0 aliphatic heterocycles. The molecular formula is C55H95N7O14. The highest BCUT2D eigenvalue weighted by Gasteiger charge is 2.35. The van der Waals surface area contributed by atoms with Gasteiger partial charge in [0.15, 0.2) is 5.78 Å². The second-order valence-electron chi connectivity index (χ2n) is 23.4. The van der Waals surface area contributed by atoms with Crippen molar-refractivity contribution in [3.8, 4) is 0 Å². The molecule has 0 saturated carbocycles. The number of imidazole rings is 1. The molecule has 1 aromatic rings. The lowest BCUT2D eigenvalue weighted by Gasteiger charge is -2.26. The molecule has 0 fully saturated rings. The number of carbonyl (C=O) groups is 9. The quantitative estimate of drug-likeness (QED) is 0.0256. The van der Waals surface area contributed by atoms with Crippen molar-refractivity contribution in [1.29, 1.82) is 0 Å². The van der Waals surface area contributed by atoms with Gasteiger partial charge in [-0.05, 0) is 122 Å². The van der Waals surface area contributed by atoms with E-state index in [1.165, 1.54) is 19.6 Å². The van der Waals surface area contributed by atoms with Crippen molar-refractivity contribution in [3.63, 3.8) is 0 Å². The van der Waals surface area contributed by atoms with Gasteiger partial charge in [-0.2, -0.15) is 0 Å². The maximum atomic E-state index is 14.9. The Balaban J connectivity index is 3.78. The van der Waals surface area contributed by atoms with Crippen LogP contribution in [0.15, 0.2) is 12.5 Å². The van der Waals surface area contributed by atoms with Gasteiger partial charge in [0.05, 0.1) is 18.8 Å². The summed E-state index contributed by atoms with van der Waals surface area (Å²) >= 11 is 0. The van der Waals surface area contributed by atoms with E-state index in [1.807, 2.05) is 13.8 Å². The topological polar surface area (TPSA) is 278 Å². The second kappa shape index (κ2) is 33.4. The van der Waals surface area contributed by atoms with E-state index in [1.54, 1.807) is 83.1 Å². The minimum atomic E-state index is -1.33. The molecule has 434 valence electrons. The fourth-order valence-corrected chi connectivity index (χ4v) is 7.74. The number of amides is 5. The molecule has 5 atom stereocenters. The molecule has 0 spiro atoms. The predicted molar refractivity (Wildman–Crippen MR) is 287 cm³/mol. The molecule has 0 aromatic carbocycles. The number of alkyl carbamates (subject to hydrolysis) is 3. The molecule has 1 rings (SSSR count). The molecule has 0 bridgehead atoms. The number of unbranched alkanes of at least 4 members (excludes halogenated alkanes) is 6. The summed E-state index contributed by atoms with van der Waals surface area (Å²) in [6, 6.07) is -3.40. The monoisotopic (exact) mass is 1080 g/mol. The van der Waals surface area contributed by atoms with E-state index in [2.05, 4.69) is 31.6 Å². The zero-order chi connectivity index (χ0) is 57.9. The van der Waals surface area contributed by atoms with Crippen molar-refractivity contribution in [2.24, 2.45) is 11.8 Å². The van der Waals surface area contributed by atoms with Crippen LogP contribution >= 0.6 is 0 Å². The van der Waals surface area contributed by atoms with Gasteiger partial charge in [0.25, 0.3) is 0 Å². The number of hydrogen-bond acceptors (Lipinski definition) is 15. The van der Waals surface area contributed by atoms with Gasteiger partial charge < -0.3 is 50.3 Å². The van der Waals surface area contributed by atoms with Crippen LogP contribution in [0.3, 0.4) is 0 Å². The van der Waals surface area contributed by atoms with Crippen molar-refractivity contribution in [3.05, 3.63) is 18.2 Å². The van der Waals surface area contributed by atoms with Crippen LogP contribution in [-0.2, 0) is 54.1 Å². The number of esters is 1. The Morgan fingerprint density at radius 1 is 0.513 bits per heavy atom. The molecule has 0 radical (unpaired) electrons. The smallest absolute Gasteiger partial charge is 0.419 e. The second-order valence-corrected chi connectivity index (χ2v) is 23.4. The Kier molecular flexibility index (Phi) is 30.0. The van der Waals surface area contributed by atoms with Gasteiger partial charge in [-0.25, -0.2) is 33.5 Å². The van der Waals surface area contributed by atoms with E-state index >= 15 is 0 Å². The first-order valence-corrected chi connectivity index (χ1v) is 27.2. The summed E-state index contributed by atoms with van der Waals surface area (Å²) in [5.41, 5.74) is -2.90. The normalized spacial score (nSPS) is 13.9. The van der Waals surface area contributed by atoms with Crippen LogP contribution in [0.25, 0.3) is 0 Å². The summed E-state index contributed by atoms with van der Waals surface area (Å²) in [7, 11) is 1.23. The number of aromatic nitrogens is 2. The minimum Gasteiger partial charge on any atom is -0.467 e. The van der Waals surface area contributed by atoms with Crippen LogP contribution in [0, 0.1) is 11.8 Å². The molecular weight excluding hydrogens is 983 g/mol. The number of rotatable bonds is 32. The zero-order valence-corrected chi connectivity index (χ0v) is 48.6. The lowest BCUT2D eigenvalue weighted by molar-refractivity contribution is -0.146. The average Bonchev–Trinajstić information content (AvgIpc) is 3.76. The molecule has 1 heterocycles. The molecule has 1 aromatic heterocycles. The lowest BCUT2D eigenvalue weighted by Crippen LogP contribution is -2.53. The highest BCUT2D eigenvalue weighted by Crippen LogP contribution is 2.25. The van der Waals surface area contributed by atoms with E-state index < -0.39 is 113 Å². The van der Waals surface area contributed by atoms with E-state index in [9.17, 15) is 43.2 Å². The summed E-state index contributed by atoms with van der Waals surface area (Å²) in [6.07, 6.45) is 5.80. The van der Waals surface area contributed by atoms with Gasteiger partial charge in [0, 0.05) is 50.4 Å². The lowest BCUT2D eigenvalue weighted by atomic mass is 9.83. The molecule has 21 heteroatoms. The third-order valence-electron chi connectivity index (χ3n) is 11.4. The fourth-order valence-electron chi connectivity index (χ4n) is 7.74. The van der Waals surface area contributed by atoms with Gasteiger partial charge in [-0.15, -0.1) is 0 Å². The molecule has 0 aliphatic rings. The first-order valence-electron chi connectivity index (χ1n) is 27.2. The Bertz CT molecular complexity index is 2010. The Morgan fingerprint density at radius 2 is 0.961 bits per heavy atom. The van der Waals surface area contributed by atoms with Crippen molar-refractivity contribution in [2.45, 2.75) is 247 Å². The molecule has 76 heavy (non-hydrogen) atoms. The maximum absolute atomic E-state index is 14.9. The van der Waals surface area contributed by atoms with Crippen molar-refractivity contribution in [2.75, 3.05) is 20.2 Å². The van der Waals surface area contributed by atoms with Gasteiger partial charge in [0.1, 0.15) is 46.6 Å². The van der Waals surface area contributed by atoms with E-state index in [0.717, 1.165) is 30.3 Å². The maximum Gasteiger partial charge on any atom is 0.419 e. The number of hydrogen-bond donors (Lipinski definition) is 5. The van der Waals surface area contributed by atoms with E-state index in [4.69, 9.17) is 23.7 Å². The first-order chi connectivity index (χ1) is 35.3. The molecule has 5 N–H and O–H groups in total. The SMILES string of the molecule is CCCCCC(NC(=O)OC(C)(C)C)C(=O)NC(Cc1cn(C(=O)OC(C)(C)C)cn1)C(=O)CC(CCCCNC(=O)OC(C)(C)C)C(=O)CC(CCCCNC(=O)OC(C)(C)C)C(=O)NC(CCCCC)C(=O)OC. The average molecular weight is 1080 g/mol. The summed E-state index contributed by atoms with van der Waals surface area (Å²) in [5, 5.41) is 13.7. The Labute approximate surface area is 452 Å². The summed E-state index contributed by atoms with van der Waals surface area (Å²) in [4.78, 5) is 126. The van der Waals surface area contributed by atoms with Gasteiger partial charge >= 0.3 is 30.3 Å². The van der Waals surface area contributed by atoms with Gasteiger partial charge in [0.2, 0.25) is 11.8 Å². The molecule has 5 amide bonds. The number of carbonyl (C=O) groups excluding carboxylic acids is 9. The third kappa shape index (κ3) is 31.3. The van der Waals surface area contributed by atoms with Crippen LogP contribution in [-0.4, -0.2) is 124 Å². The molecule has 0 aliphatic carbocycles. The van der Waals surface area contributed by atoms with E-state index in [-0.39, 0.29) is 50.9 Å². The van der Waals surface area contributed by atoms with Gasteiger partial charge in [-0.3, -0.25) is 19.2 Å². The predicted octanol–water partition coefficient (Wildman–Crippen LogP) is 8.95. The number of ketones is 2. The number of nitrogens with one attached hydrogen (secondary N) is 5. The molecule has 5 unspecified atom stereocenters. The Morgan fingerprint density at radius 3 is 1.45 bits per heavy atom. The molecule has 0 saturated heterocycles. The summed E-state index contributed by atoms with van der Waals surface area (Å²) in [5.74, 6) is -4.82. The minimum absolute atomic E-state index is 0.143. The number of nitrogens with zero attached hydrogens (tertiary/aromatic N) is 2. The largest absolute Gasteiger partial charge is 0.467 e. The van der Waals surface area contributed by atoms with Crippen LogP contribution < -0.4 is 26.6 Å². The number of methoxy groups -OCH3 is 1. The third-order valence-corrected chi connectivity index (χ3v) is 11.4. The van der Waals surface area contributed by atoms with Crippen molar-refractivity contribution < 1.29 is 66.8 Å². The molecule has 21 nitrogen and oxygen atoms in total. The standard InChI is InChI=1S/C55H95N7O14/c1-16-18-20-28-40(61-50(70)75-54(9,10)11)46(66)60-42(34-39-35-62(36-58-39)51(71)76-55(12,13)14)44(64)32-37(26-22-24-30-56-48(68)73-52(3,4)5)43(63)33-38(27-23-25-31-57-49(69)74-53(6,7)8)45(65)59-41(47(67)72-15)29-21-19-17-2/h35-38,40-42H,16-34H2,1-15H3,(H,56,68)(H,57,69)(H,59,65)(H,60,66)(H,61,70). The first kappa shape index (κ1) is 68.3. The summed E-state index contributed by atoms with van der Waals surface area (Å²) < 4.78 is 27.8. The highest BCUT2D eigenvalue weighted by atomic mass is 16.6. The fraction of sp³-hybridized carbons (Fsp3) is 0.782. The highest BCUT2D eigenvalue weighted by molar-refractivity contribution is 5.96. The van der Waals surface area contributed by atoms with Gasteiger partial charge in [-0.1, -0.05) is 65.2 Å². The van der Waals surface area contributed by atoms with Crippen LogP contribution in [0.4, 0.5) is 19.2 Å². The number of Topliss-reactive ketones (excluding diaryl/α,β-unsaturated/α-hetero) is 2.